The largest absolute Gasteiger partial charge is 0.390 e. The Bertz CT molecular complexity index is 1240. The highest BCUT2D eigenvalue weighted by Crippen LogP contribution is 2.46. The molecule has 0 aromatic carbocycles. The van der Waals surface area contributed by atoms with E-state index in [4.69, 9.17) is 10.1 Å². The molecule has 0 unspecified atom stereocenters. The Kier molecular flexibility index (Phi) is 5.92. The van der Waals surface area contributed by atoms with Crippen LogP contribution in [0.2, 0.25) is 0 Å². The summed E-state index contributed by atoms with van der Waals surface area (Å²) in [6.45, 7) is 2.87. The van der Waals surface area contributed by atoms with E-state index in [1.54, 1.807) is 24.0 Å². The van der Waals surface area contributed by atoms with Gasteiger partial charge in [-0.25, -0.2) is 19.3 Å². The van der Waals surface area contributed by atoms with Gasteiger partial charge in [0.1, 0.15) is 11.2 Å². The molecule has 2 aliphatic heterocycles. The number of rotatable bonds is 5. The lowest BCUT2D eigenvalue weighted by Crippen LogP contribution is -2.39. The fourth-order valence-electron chi connectivity index (χ4n) is 4.22. The van der Waals surface area contributed by atoms with E-state index in [2.05, 4.69) is 30.2 Å². The van der Waals surface area contributed by atoms with Crippen molar-refractivity contribution in [3.05, 3.63) is 66.0 Å². The molecule has 1 amide bonds. The topological polar surface area (TPSA) is 129 Å². The molecule has 1 fully saturated rings. The molecule has 3 aromatic heterocycles. The molecule has 5 heterocycles. The smallest absolute Gasteiger partial charge is 0.275 e. The van der Waals surface area contributed by atoms with E-state index >= 15 is 0 Å². The van der Waals surface area contributed by atoms with E-state index in [0.717, 1.165) is 28.9 Å². The second-order valence-corrected chi connectivity index (χ2v) is 9.29. The van der Waals surface area contributed by atoms with Gasteiger partial charge in [-0.05, 0) is 19.1 Å². The number of amides is 1. The van der Waals surface area contributed by atoms with E-state index in [1.807, 2.05) is 17.9 Å². The van der Waals surface area contributed by atoms with Gasteiger partial charge in [-0.1, -0.05) is 0 Å². The number of carbonyl (C=O) groups excluding carboxylic acids is 1. The summed E-state index contributed by atoms with van der Waals surface area (Å²) in [7, 11) is 0. The van der Waals surface area contributed by atoms with Crippen LogP contribution in [0.5, 0.6) is 0 Å². The molecular weight excluding hydrogens is 459 g/mol. The summed E-state index contributed by atoms with van der Waals surface area (Å²) < 4.78 is 13.3. The zero-order chi connectivity index (χ0) is 23.7. The zero-order valence-electron chi connectivity index (χ0n) is 18.2. The van der Waals surface area contributed by atoms with Crippen LogP contribution in [0.25, 0.3) is 0 Å². The average molecular weight is 481 g/mol. The Morgan fingerprint density at radius 2 is 2.06 bits per heavy atom. The van der Waals surface area contributed by atoms with Crippen LogP contribution >= 0.6 is 11.8 Å². The molecule has 174 valence electrons. The molecule has 5 rings (SSSR count). The Labute approximate surface area is 198 Å². The second-order valence-electron chi connectivity index (χ2n) is 8.08. The quantitative estimate of drug-likeness (QED) is 0.563. The number of aromatic nitrogens is 5. The van der Waals surface area contributed by atoms with E-state index in [9.17, 15) is 9.18 Å². The van der Waals surface area contributed by atoms with Crippen molar-refractivity contribution in [3.63, 3.8) is 0 Å². The van der Waals surface area contributed by atoms with Gasteiger partial charge >= 0.3 is 0 Å². The summed E-state index contributed by atoms with van der Waals surface area (Å²) in [5.41, 5.74) is 1.15. The normalized spacial score (nSPS) is 21.7. The Balaban J connectivity index is 1.44. The van der Waals surface area contributed by atoms with E-state index in [0.29, 0.717) is 30.4 Å². The van der Waals surface area contributed by atoms with Gasteiger partial charge in [0.15, 0.2) is 5.82 Å². The number of aliphatic hydroxyl groups is 1. The fraction of sp³-hybridized carbons (Fsp3) is 0.318. The molecule has 1 saturated heterocycles. The van der Waals surface area contributed by atoms with Crippen molar-refractivity contribution < 1.29 is 14.3 Å². The molecule has 3 aromatic rings. The monoisotopic (exact) mass is 480 g/mol. The molecular formula is C22H21FN8O2S. The van der Waals surface area contributed by atoms with Gasteiger partial charge in [0.2, 0.25) is 5.95 Å². The number of hydrogen-bond acceptors (Lipinski definition) is 10. The van der Waals surface area contributed by atoms with Gasteiger partial charge in [0.25, 0.3) is 5.91 Å². The van der Waals surface area contributed by atoms with Crippen LogP contribution < -0.4 is 10.2 Å². The van der Waals surface area contributed by atoms with Crippen LogP contribution in [0.15, 0.2) is 48.1 Å². The highest BCUT2D eigenvalue weighted by Gasteiger charge is 2.51. The third-order valence-corrected chi connectivity index (χ3v) is 6.93. The summed E-state index contributed by atoms with van der Waals surface area (Å²) in [5.74, 6) is 0.515. The highest BCUT2D eigenvalue weighted by molar-refractivity contribution is 8.13. The Morgan fingerprint density at radius 1 is 1.24 bits per heavy atom. The molecule has 2 aliphatic rings. The Morgan fingerprint density at radius 3 is 2.79 bits per heavy atom. The number of anilines is 2. The molecule has 0 spiro atoms. The SMILES string of the molecule is CC1=N[C@@]2(c3cc(NC(=O)c4cnc(CO)cn4)ccn3)CN(c3ncc(F)cn3)C[C@H]2CS1. The lowest BCUT2D eigenvalue weighted by Gasteiger charge is -2.34. The van der Waals surface area contributed by atoms with Crippen LogP contribution in [0.3, 0.4) is 0 Å². The standard InChI is InChI=1S/C22H21FN8O2S/c1-13-30-22(12-31(9-14(22)11-34-13)21-27-5-15(23)6-28-21)19-4-16(2-3-24-19)29-20(33)18-8-25-17(10-32)7-26-18/h2-8,14,32H,9-12H2,1H3,(H,24,29,33)/t14-,22-/m0/s1. The van der Waals surface area contributed by atoms with Crippen LogP contribution in [-0.4, -0.2) is 59.8 Å². The molecule has 0 bridgehead atoms. The molecule has 0 radical (unpaired) electrons. The van der Waals surface area contributed by atoms with E-state index < -0.39 is 17.3 Å². The first kappa shape index (κ1) is 22.3. The molecule has 0 saturated carbocycles. The maximum absolute atomic E-state index is 13.3. The van der Waals surface area contributed by atoms with Crippen molar-refractivity contribution >= 4 is 34.3 Å². The predicted octanol–water partition coefficient (Wildman–Crippen LogP) is 2.04. The second kappa shape index (κ2) is 9.03. The summed E-state index contributed by atoms with van der Waals surface area (Å²) in [6, 6.07) is 3.52. The van der Waals surface area contributed by atoms with Crippen molar-refractivity contribution in [3.8, 4) is 0 Å². The molecule has 12 heteroatoms. The minimum atomic E-state index is -0.642. The van der Waals surface area contributed by atoms with Crippen molar-refractivity contribution in [1.29, 1.82) is 0 Å². The number of hydrogen-bond donors (Lipinski definition) is 2. The van der Waals surface area contributed by atoms with Crippen molar-refractivity contribution in [1.82, 2.24) is 24.9 Å². The van der Waals surface area contributed by atoms with Crippen LogP contribution in [0, 0.1) is 11.7 Å². The third kappa shape index (κ3) is 4.21. The third-order valence-electron chi connectivity index (χ3n) is 5.85. The average Bonchev–Trinajstić information content (AvgIpc) is 3.24. The summed E-state index contributed by atoms with van der Waals surface area (Å²) in [4.78, 5) is 40.6. The summed E-state index contributed by atoms with van der Waals surface area (Å²) in [6.07, 6.45) is 6.63. The van der Waals surface area contributed by atoms with Gasteiger partial charge in [-0.3, -0.25) is 19.8 Å². The molecule has 0 aliphatic carbocycles. The lowest BCUT2D eigenvalue weighted by molar-refractivity contribution is 0.102. The van der Waals surface area contributed by atoms with Gasteiger partial charge in [0, 0.05) is 30.1 Å². The highest BCUT2D eigenvalue weighted by atomic mass is 32.2. The number of aliphatic imine (C=N–C) groups is 1. The summed E-state index contributed by atoms with van der Waals surface area (Å²) in [5, 5.41) is 12.9. The first-order chi connectivity index (χ1) is 16.5. The molecule has 10 nitrogen and oxygen atoms in total. The lowest BCUT2D eigenvalue weighted by atomic mass is 9.85. The number of nitrogens with zero attached hydrogens (tertiary/aromatic N) is 7. The number of halogens is 1. The number of fused-ring (bicyclic) bond motifs is 1. The zero-order valence-corrected chi connectivity index (χ0v) is 19.0. The van der Waals surface area contributed by atoms with Gasteiger partial charge in [-0.15, -0.1) is 11.8 Å². The maximum Gasteiger partial charge on any atom is 0.275 e. The van der Waals surface area contributed by atoms with Crippen molar-refractivity contribution in [2.75, 3.05) is 29.1 Å². The number of aliphatic hydroxyl groups excluding tert-OH is 1. The van der Waals surface area contributed by atoms with Crippen LogP contribution in [0.1, 0.15) is 28.8 Å². The van der Waals surface area contributed by atoms with Gasteiger partial charge < -0.3 is 15.3 Å². The molecule has 2 atom stereocenters. The van der Waals surface area contributed by atoms with Gasteiger partial charge in [-0.2, -0.15) is 0 Å². The first-order valence-corrected chi connectivity index (χ1v) is 11.6. The van der Waals surface area contributed by atoms with E-state index in [-0.39, 0.29) is 18.2 Å². The molecule has 34 heavy (non-hydrogen) atoms. The van der Waals surface area contributed by atoms with Gasteiger partial charge in [0.05, 0.1) is 54.4 Å². The Hall–Kier alpha value is -3.51. The van der Waals surface area contributed by atoms with Crippen molar-refractivity contribution in [2.45, 2.75) is 19.1 Å². The maximum atomic E-state index is 13.3. The van der Waals surface area contributed by atoms with Crippen LogP contribution in [0.4, 0.5) is 16.0 Å². The minimum Gasteiger partial charge on any atom is -0.390 e. The fourth-order valence-corrected chi connectivity index (χ4v) is 5.27. The van der Waals surface area contributed by atoms with Crippen LogP contribution in [-0.2, 0) is 12.1 Å². The predicted molar refractivity (Wildman–Crippen MR) is 125 cm³/mol. The molecule has 2 N–H and O–H groups in total. The van der Waals surface area contributed by atoms with Crippen molar-refractivity contribution in [2.24, 2.45) is 10.9 Å². The first-order valence-electron chi connectivity index (χ1n) is 10.6. The number of carbonyl (C=O) groups is 1. The summed E-state index contributed by atoms with van der Waals surface area (Å²) >= 11 is 1.69. The van der Waals surface area contributed by atoms with E-state index in [1.165, 1.54) is 12.4 Å². The number of nitrogens with one attached hydrogen (secondary N) is 1. The minimum absolute atomic E-state index is 0.130. The number of pyridine rings is 1. The number of thioether (sulfide) groups is 1.